The van der Waals surface area contributed by atoms with Crippen molar-refractivity contribution in [2.75, 3.05) is 20.7 Å². The highest BCUT2D eigenvalue weighted by Crippen LogP contribution is 2.44. The second-order valence-corrected chi connectivity index (χ2v) is 4.51. The Hall–Kier alpha value is -0.570. The quantitative estimate of drug-likeness (QED) is 0.631. The molecular weight excluding hydrogens is 178 g/mol. The normalized spacial score (nSPS) is 20.6. The van der Waals surface area contributed by atoms with Crippen molar-refractivity contribution in [2.24, 2.45) is 5.92 Å². The van der Waals surface area contributed by atoms with Crippen LogP contribution in [-0.4, -0.2) is 37.1 Å². The Morgan fingerprint density at radius 2 is 2.07 bits per heavy atom. The van der Waals surface area contributed by atoms with Gasteiger partial charge in [-0.1, -0.05) is 0 Å². The van der Waals surface area contributed by atoms with Gasteiger partial charge in [0, 0.05) is 5.54 Å². The summed E-state index contributed by atoms with van der Waals surface area (Å²) in [6, 6.07) is 0. The molecule has 0 saturated heterocycles. The van der Waals surface area contributed by atoms with E-state index in [9.17, 15) is 4.79 Å². The first-order valence-electron chi connectivity index (χ1n) is 5.33. The molecule has 1 saturated carbocycles. The lowest BCUT2D eigenvalue weighted by atomic mass is 9.90. The second-order valence-electron chi connectivity index (χ2n) is 4.51. The van der Waals surface area contributed by atoms with Gasteiger partial charge in [0.1, 0.15) is 0 Å². The minimum Gasteiger partial charge on any atom is -0.466 e. The van der Waals surface area contributed by atoms with Crippen LogP contribution >= 0.6 is 0 Å². The molecule has 0 aromatic heterocycles. The van der Waals surface area contributed by atoms with Gasteiger partial charge in [-0.05, 0) is 46.7 Å². The van der Waals surface area contributed by atoms with Crippen LogP contribution in [0, 0.1) is 5.92 Å². The van der Waals surface area contributed by atoms with Gasteiger partial charge >= 0.3 is 5.97 Å². The van der Waals surface area contributed by atoms with E-state index in [1.807, 2.05) is 21.0 Å². The Morgan fingerprint density at radius 1 is 1.50 bits per heavy atom. The van der Waals surface area contributed by atoms with Crippen LogP contribution in [0.3, 0.4) is 0 Å². The van der Waals surface area contributed by atoms with Crippen molar-refractivity contribution in [3.05, 3.63) is 0 Å². The number of carbonyl (C=O) groups excluding carboxylic acids is 1. The van der Waals surface area contributed by atoms with Crippen molar-refractivity contribution in [1.82, 2.24) is 4.90 Å². The third-order valence-electron chi connectivity index (χ3n) is 3.29. The van der Waals surface area contributed by atoms with Gasteiger partial charge in [0.2, 0.25) is 0 Å². The van der Waals surface area contributed by atoms with Crippen LogP contribution < -0.4 is 0 Å². The maximum absolute atomic E-state index is 11.4. The van der Waals surface area contributed by atoms with Crippen LogP contribution in [0.1, 0.15) is 33.1 Å². The monoisotopic (exact) mass is 199 g/mol. The zero-order valence-corrected chi connectivity index (χ0v) is 9.67. The Bertz CT molecular complexity index is 207. The van der Waals surface area contributed by atoms with Gasteiger partial charge < -0.3 is 9.64 Å². The lowest BCUT2D eigenvalue weighted by molar-refractivity contribution is -0.146. The molecule has 1 aliphatic carbocycles. The first kappa shape index (κ1) is 11.5. The SMILES string of the molecule is CCOC(=O)CC(C)(C1CC1)N(C)C. The summed E-state index contributed by atoms with van der Waals surface area (Å²) in [7, 11) is 4.08. The van der Waals surface area contributed by atoms with Crippen molar-refractivity contribution in [1.29, 1.82) is 0 Å². The molecule has 3 nitrogen and oxygen atoms in total. The lowest BCUT2D eigenvalue weighted by Crippen LogP contribution is -2.45. The number of rotatable bonds is 5. The summed E-state index contributed by atoms with van der Waals surface area (Å²) in [6.07, 6.45) is 3.00. The van der Waals surface area contributed by atoms with Crippen molar-refractivity contribution in [3.63, 3.8) is 0 Å². The van der Waals surface area contributed by atoms with Crippen LogP contribution in [0.5, 0.6) is 0 Å². The van der Waals surface area contributed by atoms with Crippen LogP contribution in [0.15, 0.2) is 0 Å². The average Bonchev–Trinajstić information content (AvgIpc) is 2.85. The highest BCUT2D eigenvalue weighted by molar-refractivity contribution is 5.71. The summed E-state index contributed by atoms with van der Waals surface area (Å²) in [5.74, 6) is 0.595. The summed E-state index contributed by atoms with van der Waals surface area (Å²) < 4.78 is 5.00. The van der Waals surface area contributed by atoms with E-state index in [0.717, 1.165) is 0 Å². The van der Waals surface area contributed by atoms with Crippen LogP contribution in [0.4, 0.5) is 0 Å². The van der Waals surface area contributed by atoms with E-state index in [0.29, 0.717) is 18.9 Å². The van der Waals surface area contributed by atoms with E-state index in [4.69, 9.17) is 4.74 Å². The van der Waals surface area contributed by atoms with Crippen LogP contribution in [0.2, 0.25) is 0 Å². The topological polar surface area (TPSA) is 29.5 Å². The van der Waals surface area contributed by atoms with E-state index in [2.05, 4.69) is 11.8 Å². The summed E-state index contributed by atoms with van der Waals surface area (Å²) in [5.41, 5.74) is -0.00769. The summed E-state index contributed by atoms with van der Waals surface area (Å²) in [5, 5.41) is 0. The Labute approximate surface area is 86.4 Å². The van der Waals surface area contributed by atoms with E-state index in [-0.39, 0.29) is 11.5 Å². The van der Waals surface area contributed by atoms with Gasteiger partial charge in [0.15, 0.2) is 0 Å². The maximum Gasteiger partial charge on any atom is 0.307 e. The van der Waals surface area contributed by atoms with E-state index in [1.165, 1.54) is 12.8 Å². The molecule has 3 heteroatoms. The molecule has 82 valence electrons. The molecule has 1 unspecified atom stereocenters. The number of esters is 1. The molecule has 0 N–H and O–H groups in total. The van der Waals surface area contributed by atoms with Crippen LogP contribution in [0.25, 0.3) is 0 Å². The molecule has 0 radical (unpaired) electrons. The summed E-state index contributed by atoms with van der Waals surface area (Å²) in [6.45, 7) is 4.48. The highest BCUT2D eigenvalue weighted by atomic mass is 16.5. The zero-order valence-electron chi connectivity index (χ0n) is 9.67. The third-order valence-corrected chi connectivity index (χ3v) is 3.29. The number of hydrogen-bond acceptors (Lipinski definition) is 3. The molecule has 0 heterocycles. The van der Waals surface area contributed by atoms with E-state index in [1.54, 1.807) is 0 Å². The Balaban J connectivity index is 2.55. The first-order chi connectivity index (χ1) is 6.50. The molecule has 0 amide bonds. The number of hydrogen-bond donors (Lipinski definition) is 0. The van der Waals surface area contributed by atoms with E-state index < -0.39 is 0 Å². The average molecular weight is 199 g/mol. The molecule has 0 bridgehead atoms. The van der Waals surface area contributed by atoms with Gasteiger partial charge in [-0.3, -0.25) is 4.79 Å². The Kier molecular flexibility index (Phi) is 3.53. The van der Waals surface area contributed by atoms with Crippen molar-refractivity contribution >= 4 is 5.97 Å². The van der Waals surface area contributed by atoms with Crippen molar-refractivity contribution in [3.8, 4) is 0 Å². The predicted molar refractivity (Wildman–Crippen MR) is 56.1 cm³/mol. The number of nitrogens with zero attached hydrogens (tertiary/aromatic N) is 1. The third kappa shape index (κ3) is 2.47. The molecule has 1 atom stereocenters. The summed E-state index contributed by atoms with van der Waals surface area (Å²) in [4.78, 5) is 13.6. The standard InChI is InChI=1S/C11H21NO2/c1-5-14-10(13)8-11(2,12(3)4)9-6-7-9/h9H,5-8H2,1-4H3. The highest BCUT2D eigenvalue weighted by Gasteiger charge is 2.44. The molecular formula is C11H21NO2. The van der Waals surface area contributed by atoms with Crippen LogP contribution in [-0.2, 0) is 9.53 Å². The van der Waals surface area contributed by atoms with Crippen molar-refractivity contribution < 1.29 is 9.53 Å². The van der Waals surface area contributed by atoms with Gasteiger partial charge in [0.25, 0.3) is 0 Å². The van der Waals surface area contributed by atoms with Gasteiger partial charge in [0.05, 0.1) is 13.0 Å². The molecule has 1 fully saturated rings. The maximum atomic E-state index is 11.4. The number of carbonyl (C=O) groups is 1. The summed E-state index contributed by atoms with van der Waals surface area (Å²) >= 11 is 0. The second kappa shape index (κ2) is 4.30. The zero-order chi connectivity index (χ0) is 10.8. The molecule has 0 aromatic rings. The largest absolute Gasteiger partial charge is 0.466 e. The van der Waals surface area contributed by atoms with Crippen molar-refractivity contribution in [2.45, 2.75) is 38.6 Å². The molecule has 0 aliphatic heterocycles. The fourth-order valence-electron chi connectivity index (χ4n) is 1.88. The fraction of sp³-hybridized carbons (Fsp3) is 0.909. The molecule has 1 rings (SSSR count). The molecule has 14 heavy (non-hydrogen) atoms. The Morgan fingerprint density at radius 3 is 2.43 bits per heavy atom. The van der Waals surface area contributed by atoms with Gasteiger partial charge in [-0.15, -0.1) is 0 Å². The molecule has 0 spiro atoms. The predicted octanol–water partition coefficient (Wildman–Crippen LogP) is 1.67. The van der Waals surface area contributed by atoms with Gasteiger partial charge in [-0.2, -0.15) is 0 Å². The smallest absolute Gasteiger partial charge is 0.307 e. The fourth-order valence-corrected chi connectivity index (χ4v) is 1.88. The van der Waals surface area contributed by atoms with E-state index >= 15 is 0 Å². The lowest BCUT2D eigenvalue weighted by Gasteiger charge is -2.36. The minimum atomic E-state index is -0.0735. The van der Waals surface area contributed by atoms with Gasteiger partial charge in [-0.25, -0.2) is 0 Å². The molecule has 0 aromatic carbocycles. The first-order valence-corrected chi connectivity index (χ1v) is 5.33. The minimum absolute atomic E-state index is 0.00769. The molecule has 1 aliphatic rings. The number of ether oxygens (including phenoxy) is 1.